The number of hydrogen-bond donors (Lipinski definition) is 1. The SMILES string of the molecule is CN=C(NCc1noc(C(C)(C)C)n1)N1CCN(c2ncccn2)CC1.I. The van der Waals surface area contributed by atoms with Gasteiger partial charge in [0.15, 0.2) is 11.8 Å². The Bertz CT molecular complexity index is 735. The molecule has 0 spiro atoms. The smallest absolute Gasteiger partial charge is 0.232 e. The zero-order chi connectivity index (χ0) is 18.6. The third kappa shape index (κ3) is 5.50. The van der Waals surface area contributed by atoms with Crippen LogP contribution in [0, 0.1) is 0 Å². The normalized spacial score (nSPS) is 15.5. The highest BCUT2D eigenvalue weighted by molar-refractivity contribution is 14.0. The Morgan fingerprint density at radius 1 is 1.19 bits per heavy atom. The first-order chi connectivity index (χ1) is 12.5. The van der Waals surface area contributed by atoms with Crippen molar-refractivity contribution in [2.75, 3.05) is 38.1 Å². The molecule has 2 aromatic heterocycles. The molecule has 10 heteroatoms. The van der Waals surface area contributed by atoms with E-state index in [2.05, 4.69) is 40.2 Å². The van der Waals surface area contributed by atoms with Crippen LogP contribution in [0.5, 0.6) is 0 Å². The van der Waals surface area contributed by atoms with E-state index in [9.17, 15) is 0 Å². The number of aromatic nitrogens is 4. The highest BCUT2D eigenvalue weighted by Gasteiger charge is 2.23. The fourth-order valence-electron chi connectivity index (χ4n) is 2.69. The van der Waals surface area contributed by atoms with Gasteiger partial charge in [0.25, 0.3) is 0 Å². The minimum Gasteiger partial charge on any atom is -0.349 e. The van der Waals surface area contributed by atoms with E-state index >= 15 is 0 Å². The third-order valence-electron chi connectivity index (χ3n) is 4.14. The number of rotatable bonds is 3. The molecule has 0 atom stereocenters. The summed E-state index contributed by atoms with van der Waals surface area (Å²) < 4.78 is 5.33. The number of piperazine rings is 1. The van der Waals surface area contributed by atoms with Crippen molar-refractivity contribution in [1.82, 2.24) is 30.3 Å². The van der Waals surface area contributed by atoms with Gasteiger partial charge in [-0.05, 0) is 6.07 Å². The van der Waals surface area contributed by atoms with E-state index in [1.54, 1.807) is 19.4 Å². The van der Waals surface area contributed by atoms with Crippen molar-refractivity contribution in [3.05, 3.63) is 30.2 Å². The predicted molar refractivity (Wildman–Crippen MR) is 114 cm³/mol. The molecule has 0 bridgehead atoms. The van der Waals surface area contributed by atoms with Crippen molar-refractivity contribution in [3.8, 4) is 0 Å². The molecule has 0 unspecified atom stereocenters. The zero-order valence-corrected chi connectivity index (χ0v) is 18.5. The number of nitrogens with zero attached hydrogens (tertiary/aromatic N) is 7. The molecule has 0 aromatic carbocycles. The molecule has 27 heavy (non-hydrogen) atoms. The van der Waals surface area contributed by atoms with Gasteiger partial charge < -0.3 is 19.6 Å². The molecule has 1 fully saturated rings. The lowest BCUT2D eigenvalue weighted by atomic mass is 9.97. The second-order valence-corrected chi connectivity index (χ2v) is 7.19. The molecule has 0 amide bonds. The van der Waals surface area contributed by atoms with Crippen molar-refractivity contribution in [1.29, 1.82) is 0 Å². The van der Waals surface area contributed by atoms with Crippen molar-refractivity contribution >= 4 is 35.9 Å². The predicted octanol–water partition coefficient (Wildman–Crippen LogP) is 1.67. The Morgan fingerprint density at radius 3 is 2.41 bits per heavy atom. The van der Waals surface area contributed by atoms with Gasteiger partial charge in [-0.15, -0.1) is 24.0 Å². The van der Waals surface area contributed by atoms with Gasteiger partial charge in [0.05, 0.1) is 6.54 Å². The largest absolute Gasteiger partial charge is 0.349 e. The van der Waals surface area contributed by atoms with Crippen LogP contribution in [0.4, 0.5) is 5.95 Å². The van der Waals surface area contributed by atoms with E-state index in [1.165, 1.54) is 0 Å². The quantitative estimate of drug-likeness (QED) is 0.398. The average molecular weight is 486 g/mol. The van der Waals surface area contributed by atoms with Crippen LogP contribution >= 0.6 is 24.0 Å². The van der Waals surface area contributed by atoms with Crippen molar-refractivity contribution in [3.63, 3.8) is 0 Å². The highest BCUT2D eigenvalue weighted by Crippen LogP contribution is 2.19. The topological polar surface area (TPSA) is 95.6 Å². The van der Waals surface area contributed by atoms with Crippen LogP contribution in [-0.2, 0) is 12.0 Å². The maximum absolute atomic E-state index is 5.33. The Hall–Kier alpha value is -1.98. The van der Waals surface area contributed by atoms with Gasteiger partial charge in [-0.1, -0.05) is 25.9 Å². The maximum Gasteiger partial charge on any atom is 0.232 e. The number of hydrogen-bond acceptors (Lipinski definition) is 7. The molecule has 1 saturated heterocycles. The number of aliphatic imine (C=N–C) groups is 1. The zero-order valence-electron chi connectivity index (χ0n) is 16.2. The molecule has 0 saturated carbocycles. The Kier molecular flexibility index (Phi) is 7.33. The minimum absolute atomic E-state index is 0. The first-order valence-corrected chi connectivity index (χ1v) is 8.78. The summed E-state index contributed by atoms with van der Waals surface area (Å²) in [6.45, 7) is 10.0. The van der Waals surface area contributed by atoms with E-state index < -0.39 is 0 Å². The van der Waals surface area contributed by atoms with Crippen LogP contribution in [-0.4, -0.2) is 64.2 Å². The molecule has 1 aliphatic rings. The molecule has 9 nitrogen and oxygen atoms in total. The van der Waals surface area contributed by atoms with E-state index in [0.29, 0.717) is 18.3 Å². The molecule has 0 radical (unpaired) electrons. The second-order valence-electron chi connectivity index (χ2n) is 7.19. The summed E-state index contributed by atoms with van der Waals surface area (Å²) in [6.07, 6.45) is 3.54. The average Bonchev–Trinajstić information content (AvgIpc) is 3.13. The lowest BCUT2D eigenvalue weighted by Crippen LogP contribution is -2.52. The van der Waals surface area contributed by atoms with Gasteiger partial charge >= 0.3 is 0 Å². The van der Waals surface area contributed by atoms with Crippen LogP contribution in [0.3, 0.4) is 0 Å². The van der Waals surface area contributed by atoms with E-state index in [1.807, 2.05) is 26.8 Å². The minimum atomic E-state index is -0.150. The van der Waals surface area contributed by atoms with E-state index in [4.69, 9.17) is 4.52 Å². The molecule has 3 heterocycles. The van der Waals surface area contributed by atoms with Gasteiger partial charge in [-0.2, -0.15) is 4.98 Å². The van der Waals surface area contributed by atoms with Gasteiger partial charge in [-0.3, -0.25) is 4.99 Å². The third-order valence-corrected chi connectivity index (χ3v) is 4.14. The Balaban J connectivity index is 0.00000261. The summed E-state index contributed by atoms with van der Waals surface area (Å²) >= 11 is 0. The summed E-state index contributed by atoms with van der Waals surface area (Å²) in [5.74, 6) is 2.88. The molecular weight excluding hydrogens is 459 g/mol. The lowest BCUT2D eigenvalue weighted by molar-refractivity contribution is 0.317. The number of nitrogens with one attached hydrogen (secondary N) is 1. The highest BCUT2D eigenvalue weighted by atomic mass is 127. The van der Waals surface area contributed by atoms with Gasteiger partial charge in [0.1, 0.15) is 0 Å². The van der Waals surface area contributed by atoms with Gasteiger partial charge in [0.2, 0.25) is 11.8 Å². The molecule has 2 aromatic rings. The lowest BCUT2D eigenvalue weighted by Gasteiger charge is -2.36. The molecule has 3 rings (SSSR count). The second kappa shape index (κ2) is 9.29. The van der Waals surface area contributed by atoms with Crippen LogP contribution in [0.2, 0.25) is 0 Å². The van der Waals surface area contributed by atoms with Crippen LogP contribution in [0.1, 0.15) is 32.5 Å². The fraction of sp³-hybridized carbons (Fsp3) is 0.588. The summed E-state index contributed by atoms with van der Waals surface area (Å²) in [6, 6.07) is 1.83. The van der Waals surface area contributed by atoms with E-state index in [-0.39, 0.29) is 29.4 Å². The summed E-state index contributed by atoms with van der Waals surface area (Å²) in [5, 5.41) is 7.35. The monoisotopic (exact) mass is 486 g/mol. The summed E-state index contributed by atoms with van der Waals surface area (Å²) in [4.78, 5) is 21.8. The van der Waals surface area contributed by atoms with Crippen LogP contribution < -0.4 is 10.2 Å². The fourth-order valence-corrected chi connectivity index (χ4v) is 2.69. The standard InChI is InChI=1S/C17H26N8O.HI/c1-17(2,3)14-22-13(23-26-14)12-21-15(18-4)24-8-10-25(11-9-24)16-19-6-5-7-20-16;/h5-7H,8-12H2,1-4H3,(H,18,21);1H. The van der Waals surface area contributed by atoms with Crippen LogP contribution in [0.25, 0.3) is 0 Å². The molecule has 148 valence electrons. The molecular formula is C17H27IN8O. The molecule has 1 aliphatic heterocycles. The number of halogens is 1. The maximum atomic E-state index is 5.33. The number of anilines is 1. The van der Waals surface area contributed by atoms with Gasteiger partial charge in [-0.25, -0.2) is 9.97 Å². The van der Waals surface area contributed by atoms with Gasteiger partial charge in [0, 0.05) is 51.0 Å². The first-order valence-electron chi connectivity index (χ1n) is 8.78. The summed E-state index contributed by atoms with van der Waals surface area (Å²) in [7, 11) is 1.78. The Labute approximate surface area is 176 Å². The first kappa shape index (κ1) is 21.3. The van der Waals surface area contributed by atoms with E-state index in [0.717, 1.165) is 38.1 Å². The summed E-state index contributed by atoms with van der Waals surface area (Å²) in [5.41, 5.74) is -0.150. The van der Waals surface area contributed by atoms with Crippen molar-refractivity contribution in [2.45, 2.75) is 32.7 Å². The van der Waals surface area contributed by atoms with Crippen LogP contribution in [0.15, 0.2) is 28.0 Å². The number of guanidine groups is 1. The molecule has 1 N–H and O–H groups in total. The Morgan fingerprint density at radius 2 is 1.85 bits per heavy atom. The van der Waals surface area contributed by atoms with Crippen molar-refractivity contribution in [2.24, 2.45) is 4.99 Å². The molecule has 0 aliphatic carbocycles. The van der Waals surface area contributed by atoms with Crippen molar-refractivity contribution < 1.29 is 4.52 Å².